The highest BCUT2D eigenvalue weighted by molar-refractivity contribution is 5.55. The number of aliphatic hydroxyl groups is 1. The second-order valence-electron chi connectivity index (χ2n) is 7.52. The van der Waals surface area contributed by atoms with Crippen molar-refractivity contribution in [1.29, 1.82) is 0 Å². The molecule has 168 valence electrons. The van der Waals surface area contributed by atoms with E-state index in [1.807, 2.05) is 54.6 Å². The Balaban J connectivity index is 1.24. The molecule has 0 spiro atoms. The molecule has 0 bridgehead atoms. The molecule has 8 heteroatoms. The summed E-state index contributed by atoms with van der Waals surface area (Å²) in [6.45, 7) is 5.43. The van der Waals surface area contributed by atoms with Crippen LogP contribution in [0, 0.1) is 0 Å². The summed E-state index contributed by atoms with van der Waals surface area (Å²) in [6, 6.07) is 19.0. The molecule has 0 saturated carbocycles. The molecule has 1 fully saturated rings. The maximum atomic E-state index is 10.3. The van der Waals surface area contributed by atoms with Crippen molar-refractivity contribution < 1.29 is 14.6 Å². The quantitative estimate of drug-likeness (QED) is 0.448. The highest BCUT2D eigenvalue weighted by Gasteiger charge is 2.10. The molecule has 1 aliphatic heterocycles. The van der Waals surface area contributed by atoms with Crippen LogP contribution >= 0.6 is 0 Å². The monoisotopic (exact) mass is 435 g/mol. The van der Waals surface area contributed by atoms with E-state index in [0.717, 1.165) is 49.8 Å². The molecule has 0 amide bonds. The topological polar surface area (TPSA) is 91.8 Å². The van der Waals surface area contributed by atoms with E-state index in [2.05, 4.69) is 25.5 Å². The van der Waals surface area contributed by atoms with Gasteiger partial charge in [-0.1, -0.05) is 30.3 Å². The second-order valence-corrected chi connectivity index (χ2v) is 7.52. The fourth-order valence-electron chi connectivity index (χ4n) is 3.39. The number of anilines is 3. The number of rotatable bonds is 10. The van der Waals surface area contributed by atoms with Crippen molar-refractivity contribution in [3.8, 4) is 5.75 Å². The lowest BCUT2D eigenvalue weighted by Gasteiger charge is -2.26. The molecule has 2 heterocycles. The summed E-state index contributed by atoms with van der Waals surface area (Å²) in [6.07, 6.45) is 1.06. The largest absolute Gasteiger partial charge is 0.492 e. The smallest absolute Gasteiger partial charge is 0.229 e. The van der Waals surface area contributed by atoms with Gasteiger partial charge in [0.15, 0.2) is 0 Å². The standard InChI is InChI=1S/C24H29N5O3/c30-22(19-4-2-1-3-5-19)18-26-23-10-11-25-24(28-23)27-20-6-8-21(9-7-20)32-17-14-29-12-15-31-16-13-29/h1-11,22,30H,12-18H2,(H2,25,26,27,28). The van der Waals surface area contributed by atoms with Crippen molar-refractivity contribution in [3.05, 3.63) is 72.4 Å². The first-order valence-corrected chi connectivity index (χ1v) is 10.9. The Morgan fingerprint density at radius 3 is 2.59 bits per heavy atom. The minimum Gasteiger partial charge on any atom is -0.492 e. The number of hydrogen-bond donors (Lipinski definition) is 3. The van der Waals surface area contributed by atoms with Gasteiger partial charge >= 0.3 is 0 Å². The van der Waals surface area contributed by atoms with Gasteiger partial charge in [0, 0.05) is 38.1 Å². The van der Waals surface area contributed by atoms with E-state index in [4.69, 9.17) is 9.47 Å². The lowest BCUT2D eigenvalue weighted by molar-refractivity contribution is 0.0322. The summed E-state index contributed by atoms with van der Waals surface area (Å²) in [4.78, 5) is 11.1. The summed E-state index contributed by atoms with van der Waals surface area (Å²) < 4.78 is 11.2. The molecular weight excluding hydrogens is 406 g/mol. The average Bonchev–Trinajstić information content (AvgIpc) is 2.85. The summed E-state index contributed by atoms with van der Waals surface area (Å²) in [7, 11) is 0. The van der Waals surface area contributed by atoms with Gasteiger partial charge in [-0.15, -0.1) is 0 Å². The van der Waals surface area contributed by atoms with Gasteiger partial charge in [0.1, 0.15) is 18.2 Å². The molecule has 0 aliphatic carbocycles. The molecule has 1 atom stereocenters. The van der Waals surface area contributed by atoms with E-state index in [1.165, 1.54) is 0 Å². The lowest BCUT2D eigenvalue weighted by atomic mass is 10.1. The number of nitrogens with one attached hydrogen (secondary N) is 2. The fraction of sp³-hybridized carbons (Fsp3) is 0.333. The van der Waals surface area contributed by atoms with Crippen LogP contribution in [0.25, 0.3) is 0 Å². The maximum absolute atomic E-state index is 10.3. The molecular formula is C24H29N5O3. The molecule has 4 rings (SSSR count). The summed E-state index contributed by atoms with van der Waals surface area (Å²) >= 11 is 0. The van der Waals surface area contributed by atoms with Gasteiger partial charge in [-0.3, -0.25) is 4.90 Å². The van der Waals surface area contributed by atoms with Crippen molar-refractivity contribution in [3.63, 3.8) is 0 Å². The van der Waals surface area contributed by atoms with Gasteiger partial charge < -0.3 is 25.2 Å². The summed E-state index contributed by atoms with van der Waals surface area (Å²) in [5.74, 6) is 1.95. The van der Waals surface area contributed by atoms with Crippen LogP contribution in [0.15, 0.2) is 66.9 Å². The number of benzene rings is 2. The second kappa shape index (κ2) is 11.4. The molecule has 3 N–H and O–H groups in total. The number of aromatic nitrogens is 2. The normalized spacial score (nSPS) is 15.2. The third-order valence-corrected chi connectivity index (χ3v) is 5.21. The lowest BCUT2D eigenvalue weighted by Crippen LogP contribution is -2.38. The predicted octanol–water partition coefficient (Wildman–Crippen LogP) is 3.08. The van der Waals surface area contributed by atoms with Crippen molar-refractivity contribution in [2.24, 2.45) is 0 Å². The average molecular weight is 436 g/mol. The number of morpholine rings is 1. The van der Waals surface area contributed by atoms with E-state index in [1.54, 1.807) is 12.3 Å². The Morgan fingerprint density at radius 1 is 1.03 bits per heavy atom. The minimum absolute atomic E-state index is 0.358. The summed E-state index contributed by atoms with van der Waals surface area (Å²) in [5.41, 5.74) is 1.73. The van der Waals surface area contributed by atoms with Gasteiger partial charge in [-0.2, -0.15) is 4.98 Å². The first-order chi connectivity index (χ1) is 15.8. The van der Waals surface area contributed by atoms with Gasteiger partial charge in [0.05, 0.1) is 19.3 Å². The van der Waals surface area contributed by atoms with Crippen LogP contribution in [-0.4, -0.2) is 66.0 Å². The third kappa shape index (κ3) is 6.65. The number of nitrogens with zero attached hydrogens (tertiary/aromatic N) is 3. The van der Waals surface area contributed by atoms with Crippen molar-refractivity contribution in [2.45, 2.75) is 6.10 Å². The third-order valence-electron chi connectivity index (χ3n) is 5.21. The van der Waals surface area contributed by atoms with Crippen LogP contribution in [0.4, 0.5) is 17.5 Å². The van der Waals surface area contributed by atoms with Gasteiger partial charge in [-0.25, -0.2) is 4.98 Å². The Labute approximate surface area is 188 Å². The Kier molecular flexibility index (Phi) is 7.86. The molecule has 2 aromatic carbocycles. The molecule has 3 aromatic rings. The zero-order chi connectivity index (χ0) is 22.0. The molecule has 1 aromatic heterocycles. The summed E-state index contributed by atoms with van der Waals surface area (Å²) in [5, 5.41) is 16.7. The van der Waals surface area contributed by atoms with Crippen LogP contribution in [0.2, 0.25) is 0 Å². The molecule has 1 aliphatic rings. The first kappa shape index (κ1) is 22.0. The van der Waals surface area contributed by atoms with Crippen LogP contribution in [0.5, 0.6) is 5.75 Å². The van der Waals surface area contributed by atoms with Gasteiger partial charge in [0.25, 0.3) is 0 Å². The van der Waals surface area contributed by atoms with Crippen molar-refractivity contribution in [1.82, 2.24) is 14.9 Å². The van der Waals surface area contributed by atoms with E-state index < -0.39 is 6.10 Å². The molecule has 32 heavy (non-hydrogen) atoms. The molecule has 0 radical (unpaired) electrons. The SMILES string of the molecule is OC(CNc1ccnc(Nc2ccc(OCCN3CCOCC3)cc2)n1)c1ccccc1. The fourth-order valence-corrected chi connectivity index (χ4v) is 3.39. The van der Waals surface area contributed by atoms with Crippen molar-refractivity contribution >= 4 is 17.5 Å². The molecule has 1 saturated heterocycles. The van der Waals surface area contributed by atoms with Gasteiger partial charge in [0.2, 0.25) is 5.95 Å². The van der Waals surface area contributed by atoms with E-state index in [-0.39, 0.29) is 0 Å². The van der Waals surface area contributed by atoms with Crippen LogP contribution in [0.1, 0.15) is 11.7 Å². The van der Waals surface area contributed by atoms with Crippen LogP contribution < -0.4 is 15.4 Å². The Bertz CT molecular complexity index is 949. The van der Waals surface area contributed by atoms with E-state index >= 15 is 0 Å². The number of ether oxygens (including phenoxy) is 2. The van der Waals surface area contributed by atoms with Crippen LogP contribution in [0.3, 0.4) is 0 Å². The zero-order valence-electron chi connectivity index (χ0n) is 18.0. The zero-order valence-corrected chi connectivity index (χ0v) is 18.0. The first-order valence-electron chi connectivity index (χ1n) is 10.9. The van der Waals surface area contributed by atoms with Crippen molar-refractivity contribution in [2.75, 3.05) is 56.6 Å². The highest BCUT2D eigenvalue weighted by atomic mass is 16.5. The van der Waals surface area contributed by atoms with Gasteiger partial charge in [-0.05, 0) is 35.9 Å². The number of aliphatic hydroxyl groups excluding tert-OH is 1. The molecule has 1 unspecified atom stereocenters. The predicted molar refractivity (Wildman–Crippen MR) is 124 cm³/mol. The Morgan fingerprint density at radius 2 is 1.81 bits per heavy atom. The van der Waals surface area contributed by atoms with E-state index in [0.29, 0.717) is 24.9 Å². The highest BCUT2D eigenvalue weighted by Crippen LogP contribution is 2.19. The number of hydrogen-bond acceptors (Lipinski definition) is 8. The minimum atomic E-state index is -0.613. The Hall–Kier alpha value is -3.20. The van der Waals surface area contributed by atoms with E-state index in [9.17, 15) is 5.11 Å². The molecule has 8 nitrogen and oxygen atoms in total. The maximum Gasteiger partial charge on any atom is 0.229 e. The van der Waals surface area contributed by atoms with Crippen LogP contribution in [-0.2, 0) is 4.74 Å².